The summed E-state index contributed by atoms with van der Waals surface area (Å²) in [6.07, 6.45) is 0. The first kappa shape index (κ1) is 19.4. The predicted molar refractivity (Wildman–Crippen MR) is 101 cm³/mol. The number of rotatable bonds is 6. The molecule has 0 bridgehead atoms. The Hall–Kier alpha value is -1.91. The molecule has 0 aliphatic carbocycles. The molecule has 25 heavy (non-hydrogen) atoms. The molecule has 0 spiro atoms. The monoisotopic (exact) mass is 381 g/mol. The lowest BCUT2D eigenvalue weighted by molar-refractivity contribution is 0.0742. The van der Waals surface area contributed by atoms with Gasteiger partial charge in [-0.2, -0.15) is 0 Å². The summed E-state index contributed by atoms with van der Waals surface area (Å²) < 4.78 is 10.8. The first-order chi connectivity index (χ1) is 11.9. The minimum absolute atomic E-state index is 0.124. The fourth-order valence-corrected chi connectivity index (χ4v) is 2.86. The molecule has 2 aromatic carbocycles. The standard InChI is InChI=1S/C19H21Cl2NO3/c1-5-25-18-16(21)10-14(11-17(18)24-4)19(23)22(3)12(2)13-6-8-15(20)9-7-13/h6-12H,5H2,1-4H3. The average Bonchev–Trinajstić information content (AvgIpc) is 2.62. The van der Waals surface area contributed by atoms with Crippen molar-refractivity contribution < 1.29 is 14.3 Å². The maximum Gasteiger partial charge on any atom is 0.254 e. The summed E-state index contributed by atoms with van der Waals surface area (Å²) >= 11 is 12.2. The fraction of sp³-hybridized carbons (Fsp3) is 0.316. The van der Waals surface area contributed by atoms with Gasteiger partial charge in [-0.1, -0.05) is 35.3 Å². The van der Waals surface area contributed by atoms with Gasteiger partial charge < -0.3 is 14.4 Å². The second-order valence-electron chi connectivity index (χ2n) is 5.57. The molecular weight excluding hydrogens is 361 g/mol. The first-order valence-corrected chi connectivity index (χ1v) is 8.67. The summed E-state index contributed by atoms with van der Waals surface area (Å²) in [4.78, 5) is 14.5. The van der Waals surface area contributed by atoms with Gasteiger partial charge in [0.1, 0.15) is 0 Å². The zero-order chi connectivity index (χ0) is 18.6. The molecule has 4 nitrogen and oxygen atoms in total. The maximum absolute atomic E-state index is 12.9. The van der Waals surface area contributed by atoms with Gasteiger partial charge in [-0.15, -0.1) is 0 Å². The van der Waals surface area contributed by atoms with Crippen molar-refractivity contribution in [1.82, 2.24) is 4.90 Å². The Morgan fingerprint density at radius 1 is 1.20 bits per heavy atom. The molecule has 0 fully saturated rings. The van der Waals surface area contributed by atoms with Crippen molar-refractivity contribution >= 4 is 29.1 Å². The van der Waals surface area contributed by atoms with E-state index in [0.29, 0.717) is 33.7 Å². The van der Waals surface area contributed by atoms with Crippen LogP contribution in [0.25, 0.3) is 0 Å². The molecule has 134 valence electrons. The number of halogens is 2. The van der Waals surface area contributed by atoms with Crippen LogP contribution >= 0.6 is 23.2 Å². The van der Waals surface area contributed by atoms with Gasteiger partial charge in [-0.3, -0.25) is 4.79 Å². The highest BCUT2D eigenvalue weighted by Crippen LogP contribution is 2.37. The summed E-state index contributed by atoms with van der Waals surface area (Å²) in [5.74, 6) is 0.715. The van der Waals surface area contributed by atoms with E-state index < -0.39 is 0 Å². The highest BCUT2D eigenvalue weighted by molar-refractivity contribution is 6.32. The van der Waals surface area contributed by atoms with Gasteiger partial charge >= 0.3 is 0 Å². The van der Waals surface area contributed by atoms with Crippen LogP contribution in [0.3, 0.4) is 0 Å². The molecule has 0 saturated carbocycles. The molecule has 0 aromatic heterocycles. The number of hydrogen-bond acceptors (Lipinski definition) is 3. The number of methoxy groups -OCH3 is 1. The van der Waals surface area contributed by atoms with Gasteiger partial charge in [0.15, 0.2) is 11.5 Å². The molecule has 0 saturated heterocycles. The van der Waals surface area contributed by atoms with Crippen molar-refractivity contribution in [3.8, 4) is 11.5 Å². The van der Waals surface area contributed by atoms with Crippen LogP contribution in [0.5, 0.6) is 11.5 Å². The van der Waals surface area contributed by atoms with Gasteiger partial charge in [0.2, 0.25) is 0 Å². The predicted octanol–water partition coefficient (Wildman–Crippen LogP) is 5.23. The number of nitrogens with zero attached hydrogens (tertiary/aromatic N) is 1. The van der Waals surface area contributed by atoms with Crippen molar-refractivity contribution in [2.45, 2.75) is 19.9 Å². The molecule has 6 heteroatoms. The molecule has 0 aliphatic rings. The lowest BCUT2D eigenvalue weighted by Crippen LogP contribution is -2.29. The van der Waals surface area contributed by atoms with Gasteiger partial charge in [0.05, 0.1) is 24.8 Å². The van der Waals surface area contributed by atoms with Crippen molar-refractivity contribution in [3.05, 3.63) is 57.6 Å². The summed E-state index contributed by atoms with van der Waals surface area (Å²) in [5.41, 5.74) is 1.43. The van der Waals surface area contributed by atoms with E-state index in [4.69, 9.17) is 32.7 Å². The normalized spacial score (nSPS) is 11.8. The molecule has 1 unspecified atom stereocenters. The Morgan fingerprint density at radius 2 is 1.84 bits per heavy atom. The number of carbonyl (C=O) groups excluding carboxylic acids is 1. The lowest BCUT2D eigenvalue weighted by atomic mass is 10.1. The zero-order valence-electron chi connectivity index (χ0n) is 14.7. The Morgan fingerprint density at radius 3 is 2.40 bits per heavy atom. The Labute approximate surface area is 158 Å². The van der Waals surface area contributed by atoms with E-state index >= 15 is 0 Å². The lowest BCUT2D eigenvalue weighted by Gasteiger charge is -2.26. The van der Waals surface area contributed by atoms with E-state index in [2.05, 4.69) is 0 Å². The smallest absolute Gasteiger partial charge is 0.254 e. The van der Waals surface area contributed by atoms with Crippen molar-refractivity contribution in [3.63, 3.8) is 0 Å². The number of carbonyl (C=O) groups is 1. The van der Waals surface area contributed by atoms with Crippen LogP contribution in [-0.2, 0) is 0 Å². The van der Waals surface area contributed by atoms with E-state index in [1.165, 1.54) is 7.11 Å². The highest BCUT2D eigenvalue weighted by atomic mass is 35.5. The Kier molecular flexibility index (Phi) is 6.57. The summed E-state index contributed by atoms with van der Waals surface area (Å²) in [7, 11) is 3.26. The van der Waals surface area contributed by atoms with Crippen molar-refractivity contribution in [1.29, 1.82) is 0 Å². The molecule has 0 heterocycles. The minimum atomic E-state index is -0.161. The van der Waals surface area contributed by atoms with E-state index in [0.717, 1.165) is 5.56 Å². The summed E-state index contributed by atoms with van der Waals surface area (Å²) in [6, 6.07) is 10.5. The van der Waals surface area contributed by atoms with Gasteiger partial charge in [0.25, 0.3) is 5.91 Å². The third kappa shape index (κ3) is 4.39. The second kappa shape index (κ2) is 8.45. The molecule has 0 radical (unpaired) electrons. The molecule has 0 N–H and O–H groups in total. The van der Waals surface area contributed by atoms with Crippen LogP contribution in [0.15, 0.2) is 36.4 Å². The number of benzene rings is 2. The molecule has 2 rings (SSSR count). The SMILES string of the molecule is CCOc1c(Cl)cc(C(=O)N(C)C(C)c2ccc(Cl)cc2)cc1OC. The van der Waals surface area contributed by atoms with Crippen LogP contribution in [0.1, 0.15) is 35.8 Å². The Bertz CT molecular complexity index is 747. The fourth-order valence-electron chi connectivity index (χ4n) is 2.47. The van der Waals surface area contributed by atoms with E-state index in [9.17, 15) is 4.79 Å². The van der Waals surface area contributed by atoms with Crippen molar-refractivity contribution in [2.75, 3.05) is 20.8 Å². The van der Waals surface area contributed by atoms with Crippen LogP contribution < -0.4 is 9.47 Å². The number of amides is 1. The molecule has 2 aromatic rings. The average molecular weight is 382 g/mol. The largest absolute Gasteiger partial charge is 0.493 e. The van der Waals surface area contributed by atoms with Gasteiger partial charge in [-0.25, -0.2) is 0 Å². The molecular formula is C19H21Cl2NO3. The molecule has 1 amide bonds. The van der Waals surface area contributed by atoms with E-state index in [1.807, 2.05) is 38.1 Å². The minimum Gasteiger partial charge on any atom is -0.493 e. The quantitative estimate of drug-likeness (QED) is 0.686. The Balaban J connectivity index is 2.29. The number of hydrogen-bond donors (Lipinski definition) is 0. The summed E-state index contributed by atoms with van der Waals surface area (Å²) in [5, 5.41) is 1.00. The van der Waals surface area contributed by atoms with Crippen LogP contribution in [0, 0.1) is 0 Å². The molecule has 1 atom stereocenters. The zero-order valence-corrected chi connectivity index (χ0v) is 16.2. The highest BCUT2D eigenvalue weighted by Gasteiger charge is 2.22. The maximum atomic E-state index is 12.9. The van der Waals surface area contributed by atoms with Gasteiger partial charge in [0, 0.05) is 17.6 Å². The second-order valence-corrected chi connectivity index (χ2v) is 6.41. The third-order valence-electron chi connectivity index (χ3n) is 4.02. The van der Waals surface area contributed by atoms with E-state index in [1.54, 1.807) is 24.1 Å². The van der Waals surface area contributed by atoms with Crippen LogP contribution in [-0.4, -0.2) is 31.6 Å². The third-order valence-corrected chi connectivity index (χ3v) is 4.55. The van der Waals surface area contributed by atoms with Crippen molar-refractivity contribution in [2.24, 2.45) is 0 Å². The summed E-state index contributed by atoms with van der Waals surface area (Å²) in [6.45, 7) is 4.27. The van der Waals surface area contributed by atoms with Crippen LogP contribution in [0.4, 0.5) is 0 Å². The molecule has 0 aliphatic heterocycles. The first-order valence-electron chi connectivity index (χ1n) is 7.92. The topological polar surface area (TPSA) is 38.8 Å². The van der Waals surface area contributed by atoms with Gasteiger partial charge in [-0.05, 0) is 43.7 Å². The van der Waals surface area contributed by atoms with E-state index in [-0.39, 0.29) is 11.9 Å². The van der Waals surface area contributed by atoms with Crippen LogP contribution in [0.2, 0.25) is 10.0 Å². The number of ether oxygens (including phenoxy) is 2.